The van der Waals surface area contributed by atoms with Crippen molar-refractivity contribution < 1.29 is 42.7 Å². The Morgan fingerprint density at radius 3 is 1.19 bits per heavy atom. The number of carboxylic acid groups (broad SMARTS) is 3. The highest BCUT2D eigenvalue weighted by atomic mass is 32.2. The predicted molar refractivity (Wildman–Crippen MR) is 114 cm³/mol. The van der Waals surface area contributed by atoms with Crippen LogP contribution in [0.2, 0.25) is 0 Å². The predicted octanol–water partition coefficient (Wildman–Crippen LogP) is -1.87. The van der Waals surface area contributed by atoms with Crippen molar-refractivity contribution in [3.63, 3.8) is 0 Å². The highest BCUT2D eigenvalue weighted by molar-refractivity contribution is 7.85. The molecule has 1 heterocycles. The van der Waals surface area contributed by atoms with Gasteiger partial charge in [0.05, 0.1) is 25.4 Å². The maximum atomic E-state index is 11.2. The summed E-state index contributed by atoms with van der Waals surface area (Å²) in [5.41, 5.74) is 0. The standard InChI is InChI=1S/C18H34N4O9S/c23-16(24)13-20-6-4-19(3-1-2-12-32(29,30)31)5-7-21(14-17(25)26)9-11-22(10-8-20)15-18(27)28/h1-15H2,(H,23,24)(H,25,26)(H,27,28)(H,29,30,31). The molecule has 0 aromatic carbocycles. The SMILES string of the molecule is O=C(O)CN1CCN(CCCCS(=O)(=O)O)CCN(CC(=O)O)CCN(CC(=O)O)CC1. The van der Waals surface area contributed by atoms with Crippen LogP contribution in [0.3, 0.4) is 0 Å². The topological polar surface area (TPSA) is 179 Å². The number of carboxylic acids is 3. The summed E-state index contributed by atoms with van der Waals surface area (Å²) in [4.78, 5) is 40.8. The van der Waals surface area contributed by atoms with Crippen LogP contribution in [-0.4, -0.2) is 150 Å². The Balaban J connectivity index is 2.85. The first-order valence-electron chi connectivity index (χ1n) is 10.4. The molecule has 0 unspecified atom stereocenters. The Hall–Kier alpha value is -1.84. The maximum absolute atomic E-state index is 11.2. The highest BCUT2D eigenvalue weighted by Crippen LogP contribution is 2.04. The van der Waals surface area contributed by atoms with Gasteiger partial charge in [-0.3, -0.25) is 33.6 Å². The lowest BCUT2D eigenvalue weighted by molar-refractivity contribution is -0.140. The summed E-state index contributed by atoms with van der Waals surface area (Å²) in [5.74, 6) is -3.33. The lowest BCUT2D eigenvalue weighted by Crippen LogP contribution is -2.48. The van der Waals surface area contributed by atoms with E-state index in [4.69, 9.17) is 9.66 Å². The molecule has 32 heavy (non-hydrogen) atoms. The second-order valence-corrected chi connectivity index (χ2v) is 9.42. The molecule has 13 nitrogen and oxygen atoms in total. The van der Waals surface area contributed by atoms with Crippen LogP contribution in [0.1, 0.15) is 12.8 Å². The molecule has 1 saturated heterocycles. The normalized spacial score (nSPS) is 19.2. The van der Waals surface area contributed by atoms with Gasteiger partial charge in [-0.2, -0.15) is 8.42 Å². The monoisotopic (exact) mass is 482 g/mol. The average molecular weight is 483 g/mol. The molecule has 1 rings (SSSR count). The third-order valence-corrected chi connectivity index (χ3v) is 5.94. The number of hydrogen-bond donors (Lipinski definition) is 4. The van der Waals surface area contributed by atoms with Gasteiger partial charge in [0.2, 0.25) is 0 Å². The molecule has 0 spiro atoms. The van der Waals surface area contributed by atoms with E-state index in [1.165, 1.54) is 0 Å². The van der Waals surface area contributed by atoms with Gasteiger partial charge >= 0.3 is 17.9 Å². The fourth-order valence-electron chi connectivity index (χ4n) is 3.47. The van der Waals surface area contributed by atoms with E-state index in [1.807, 2.05) is 4.90 Å². The summed E-state index contributed by atoms with van der Waals surface area (Å²) < 4.78 is 30.7. The minimum Gasteiger partial charge on any atom is -0.480 e. The maximum Gasteiger partial charge on any atom is 0.317 e. The first kappa shape index (κ1) is 28.2. The second kappa shape index (κ2) is 14.3. The Morgan fingerprint density at radius 1 is 0.594 bits per heavy atom. The molecule has 0 aliphatic carbocycles. The summed E-state index contributed by atoms with van der Waals surface area (Å²) in [6.45, 7) is 3.04. The van der Waals surface area contributed by atoms with Crippen molar-refractivity contribution in [1.29, 1.82) is 0 Å². The van der Waals surface area contributed by atoms with Crippen molar-refractivity contribution in [2.75, 3.05) is 84.3 Å². The van der Waals surface area contributed by atoms with E-state index in [2.05, 4.69) is 0 Å². The summed E-state index contributed by atoms with van der Waals surface area (Å²) >= 11 is 0. The summed E-state index contributed by atoms with van der Waals surface area (Å²) in [7, 11) is -4.03. The zero-order valence-corrected chi connectivity index (χ0v) is 19.0. The van der Waals surface area contributed by atoms with E-state index >= 15 is 0 Å². The number of unbranched alkanes of at least 4 members (excludes halogenated alkanes) is 1. The van der Waals surface area contributed by atoms with Gasteiger partial charge in [-0.1, -0.05) is 0 Å². The Labute approximate surface area is 187 Å². The lowest BCUT2D eigenvalue weighted by Gasteiger charge is -2.33. The van der Waals surface area contributed by atoms with Crippen LogP contribution < -0.4 is 0 Å². The van der Waals surface area contributed by atoms with E-state index in [-0.39, 0.29) is 31.8 Å². The molecule has 0 radical (unpaired) electrons. The molecule has 14 heteroatoms. The second-order valence-electron chi connectivity index (χ2n) is 7.84. The van der Waals surface area contributed by atoms with Crippen molar-refractivity contribution >= 4 is 28.0 Å². The van der Waals surface area contributed by atoms with Crippen LogP contribution in [0.15, 0.2) is 0 Å². The fraction of sp³-hybridized carbons (Fsp3) is 0.833. The van der Waals surface area contributed by atoms with E-state index in [9.17, 15) is 33.0 Å². The van der Waals surface area contributed by atoms with Crippen molar-refractivity contribution in [3.05, 3.63) is 0 Å². The smallest absolute Gasteiger partial charge is 0.317 e. The van der Waals surface area contributed by atoms with E-state index in [0.717, 1.165) is 0 Å². The van der Waals surface area contributed by atoms with Crippen molar-refractivity contribution in [3.8, 4) is 0 Å². The minimum absolute atomic E-state index is 0.192. The van der Waals surface area contributed by atoms with Crippen molar-refractivity contribution in [2.45, 2.75) is 12.8 Å². The van der Waals surface area contributed by atoms with Crippen molar-refractivity contribution in [2.24, 2.45) is 0 Å². The van der Waals surface area contributed by atoms with Crippen LogP contribution in [-0.2, 0) is 24.5 Å². The number of aliphatic carboxylic acids is 3. The van der Waals surface area contributed by atoms with Gasteiger partial charge in [0, 0.05) is 52.4 Å². The van der Waals surface area contributed by atoms with Crippen LogP contribution >= 0.6 is 0 Å². The van der Waals surface area contributed by atoms with Crippen LogP contribution in [0, 0.1) is 0 Å². The van der Waals surface area contributed by atoms with Crippen LogP contribution in [0.5, 0.6) is 0 Å². The van der Waals surface area contributed by atoms with Crippen LogP contribution in [0.4, 0.5) is 0 Å². The zero-order chi connectivity index (χ0) is 24.1. The van der Waals surface area contributed by atoms with Gasteiger partial charge in [-0.15, -0.1) is 0 Å². The number of rotatable bonds is 11. The van der Waals surface area contributed by atoms with Gasteiger partial charge in [-0.25, -0.2) is 0 Å². The Bertz CT molecular complexity index is 687. The number of nitrogens with zero attached hydrogens (tertiary/aromatic N) is 4. The zero-order valence-electron chi connectivity index (χ0n) is 18.1. The van der Waals surface area contributed by atoms with Crippen molar-refractivity contribution in [1.82, 2.24) is 19.6 Å². The number of hydrogen-bond acceptors (Lipinski definition) is 9. The lowest BCUT2D eigenvalue weighted by atomic mass is 10.3. The molecule has 1 aliphatic rings. The average Bonchev–Trinajstić information content (AvgIpc) is 2.64. The van der Waals surface area contributed by atoms with Gasteiger partial charge < -0.3 is 20.2 Å². The molecule has 0 bridgehead atoms. The van der Waals surface area contributed by atoms with Gasteiger partial charge in [-0.05, 0) is 19.4 Å². The minimum atomic E-state index is -4.03. The summed E-state index contributed by atoms with van der Waals surface area (Å²) in [6, 6.07) is 0. The Kier molecular flexibility index (Phi) is 12.6. The van der Waals surface area contributed by atoms with Gasteiger partial charge in [0.1, 0.15) is 0 Å². The van der Waals surface area contributed by atoms with Crippen LogP contribution in [0.25, 0.3) is 0 Å². The molecule has 0 atom stereocenters. The van der Waals surface area contributed by atoms with Gasteiger partial charge in [0.25, 0.3) is 10.1 Å². The third kappa shape index (κ3) is 14.3. The number of carbonyl (C=O) groups is 3. The highest BCUT2D eigenvalue weighted by Gasteiger charge is 2.20. The third-order valence-electron chi connectivity index (χ3n) is 5.13. The molecule has 0 amide bonds. The Morgan fingerprint density at radius 2 is 0.906 bits per heavy atom. The molecule has 1 aliphatic heterocycles. The first-order chi connectivity index (χ1) is 14.9. The molecule has 4 N–H and O–H groups in total. The van der Waals surface area contributed by atoms with E-state index < -0.39 is 28.0 Å². The van der Waals surface area contributed by atoms with E-state index in [1.54, 1.807) is 14.7 Å². The van der Waals surface area contributed by atoms with E-state index in [0.29, 0.717) is 65.3 Å². The summed E-state index contributed by atoms with van der Waals surface area (Å²) in [5, 5.41) is 27.5. The molecule has 0 saturated carbocycles. The quantitative estimate of drug-likeness (QED) is 0.190. The summed E-state index contributed by atoms with van der Waals surface area (Å²) in [6.07, 6.45) is 0.779. The largest absolute Gasteiger partial charge is 0.480 e. The molecule has 0 aromatic heterocycles. The molecule has 0 aromatic rings. The fourth-order valence-corrected chi connectivity index (χ4v) is 4.04. The molecular formula is C18H34N4O9S. The first-order valence-corrected chi connectivity index (χ1v) is 12.1. The van der Waals surface area contributed by atoms with Gasteiger partial charge in [0.15, 0.2) is 0 Å². The molecule has 186 valence electrons. The molecular weight excluding hydrogens is 448 g/mol. The molecule has 1 fully saturated rings.